The van der Waals surface area contributed by atoms with Crippen LogP contribution in [-0.2, 0) is 0 Å². The van der Waals surface area contributed by atoms with E-state index in [1.54, 1.807) is 0 Å². The summed E-state index contributed by atoms with van der Waals surface area (Å²) < 4.78 is 0. The predicted octanol–water partition coefficient (Wildman–Crippen LogP) is -0.168. The molecule has 0 saturated carbocycles. The molecule has 0 fully saturated rings. The molecule has 1 rings (SSSR count). The molecule has 0 aliphatic carbocycles. The zero-order chi connectivity index (χ0) is 13.5. The van der Waals surface area contributed by atoms with E-state index in [1.165, 1.54) is 12.4 Å². The van der Waals surface area contributed by atoms with Crippen molar-refractivity contribution in [1.29, 1.82) is 0 Å². The van der Waals surface area contributed by atoms with Gasteiger partial charge in [0, 0.05) is 6.04 Å². The van der Waals surface area contributed by atoms with Crippen molar-refractivity contribution in [1.82, 2.24) is 20.2 Å². The molecule has 18 heavy (non-hydrogen) atoms. The molecule has 7 nitrogen and oxygen atoms in total. The van der Waals surface area contributed by atoms with Crippen LogP contribution < -0.4 is 16.6 Å². The van der Waals surface area contributed by atoms with Crippen molar-refractivity contribution in [2.24, 2.45) is 5.84 Å². The molecule has 0 aliphatic heterocycles. The molecule has 0 radical (unpaired) electrons. The molecule has 4 N–H and O–H groups in total. The van der Waals surface area contributed by atoms with Crippen LogP contribution >= 0.6 is 0 Å². The van der Waals surface area contributed by atoms with Crippen molar-refractivity contribution in [3.8, 4) is 0 Å². The van der Waals surface area contributed by atoms with Gasteiger partial charge >= 0.3 is 0 Å². The van der Waals surface area contributed by atoms with Crippen molar-refractivity contribution in [3.05, 3.63) is 18.1 Å². The molecular weight excluding hydrogens is 232 g/mol. The molecule has 1 heterocycles. The standard InChI is InChI=1S/C11H20N6O/c1-8(4-5-17(2)3)14-11(18)9-6-13-7-10(15-9)16-12/h6-8H,4-5,12H2,1-3H3,(H,14,18)(H,15,16). The van der Waals surface area contributed by atoms with Gasteiger partial charge in [-0.1, -0.05) is 0 Å². The van der Waals surface area contributed by atoms with Gasteiger partial charge < -0.3 is 15.6 Å². The minimum atomic E-state index is -0.245. The third-order valence-corrected chi connectivity index (χ3v) is 2.40. The number of nitrogens with two attached hydrogens (primary N) is 1. The number of nitrogens with one attached hydrogen (secondary N) is 2. The van der Waals surface area contributed by atoms with Crippen LogP contribution in [0.3, 0.4) is 0 Å². The normalized spacial score (nSPS) is 12.3. The number of carbonyl (C=O) groups excluding carboxylic acids is 1. The van der Waals surface area contributed by atoms with Crippen molar-refractivity contribution in [2.45, 2.75) is 19.4 Å². The lowest BCUT2D eigenvalue weighted by Gasteiger charge is -2.16. The molecule has 1 aromatic rings. The SMILES string of the molecule is CC(CCN(C)C)NC(=O)c1cncc(NN)n1. The predicted molar refractivity (Wildman–Crippen MR) is 69.9 cm³/mol. The van der Waals surface area contributed by atoms with E-state index >= 15 is 0 Å². The van der Waals surface area contributed by atoms with Gasteiger partial charge in [-0.25, -0.2) is 10.8 Å². The molecule has 7 heteroatoms. The van der Waals surface area contributed by atoms with Gasteiger partial charge in [-0.05, 0) is 34.0 Å². The third-order valence-electron chi connectivity index (χ3n) is 2.40. The van der Waals surface area contributed by atoms with E-state index in [9.17, 15) is 4.79 Å². The van der Waals surface area contributed by atoms with E-state index in [2.05, 4.69) is 25.6 Å². The lowest BCUT2D eigenvalue weighted by molar-refractivity contribution is 0.0931. The van der Waals surface area contributed by atoms with Gasteiger partial charge in [-0.2, -0.15) is 0 Å². The molecule has 1 amide bonds. The maximum Gasteiger partial charge on any atom is 0.271 e. The molecule has 1 unspecified atom stereocenters. The average molecular weight is 252 g/mol. The molecule has 0 aliphatic rings. The highest BCUT2D eigenvalue weighted by atomic mass is 16.1. The first-order chi connectivity index (χ1) is 8.52. The lowest BCUT2D eigenvalue weighted by atomic mass is 10.2. The van der Waals surface area contributed by atoms with E-state index in [0.717, 1.165) is 13.0 Å². The Balaban J connectivity index is 2.53. The quantitative estimate of drug-likeness (QED) is 0.480. The van der Waals surface area contributed by atoms with E-state index < -0.39 is 0 Å². The second-order valence-electron chi connectivity index (χ2n) is 4.40. The first-order valence-corrected chi connectivity index (χ1v) is 5.77. The zero-order valence-electron chi connectivity index (χ0n) is 11.0. The Hall–Kier alpha value is -1.73. The summed E-state index contributed by atoms with van der Waals surface area (Å²) in [4.78, 5) is 21.8. The number of anilines is 1. The summed E-state index contributed by atoms with van der Waals surface area (Å²) in [5, 5.41) is 2.87. The Kier molecular flexibility index (Phi) is 5.47. The van der Waals surface area contributed by atoms with Gasteiger partial charge in [-0.15, -0.1) is 0 Å². The van der Waals surface area contributed by atoms with Crippen LogP contribution in [0, 0.1) is 0 Å². The second kappa shape index (κ2) is 6.87. The summed E-state index contributed by atoms with van der Waals surface area (Å²) in [7, 11) is 3.99. The van der Waals surface area contributed by atoms with Gasteiger partial charge in [-0.3, -0.25) is 9.78 Å². The molecule has 0 saturated heterocycles. The Bertz CT molecular complexity index is 395. The number of carbonyl (C=O) groups is 1. The van der Waals surface area contributed by atoms with E-state index in [4.69, 9.17) is 5.84 Å². The van der Waals surface area contributed by atoms with Gasteiger partial charge in [0.05, 0.1) is 12.4 Å². The summed E-state index contributed by atoms with van der Waals surface area (Å²) in [5.74, 6) is 5.33. The van der Waals surface area contributed by atoms with Gasteiger partial charge in [0.1, 0.15) is 5.69 Å². The summed E-state index contributed by atoms with van der Waals surface area (Å²) in [6.45, 7) is 2.87. The summed E-state index contributed by atoms with van der Waals surface area (Å²) in [5.41, 5.74) is 2.61. The molecule has 1 aromatic heterocycles. The number of hydrazine groups is 1. The highest BCUT2D eigenvalue weighted by Crippen LogP contribution is 2.01. The number of nitrogens with zero attached hydrogens (tertiary/aromatic N) is 3. The van der Waals surface area contributed by atoms with E-state index in [-0.39, 0.29) is 17.6 Å². The lowest BCUT2D eigenvalue weighted by Crippen LogP contribution is -2.35. The van der Waals surface area contributed by atoms with Gasteiger partial charge in [0.25, 0.3) is 5.91 Å². The number of rotatable bonds is 6. The summed E-state index contributed by atoms with van der Waals surface area (Å²) >= 11 is 0. The van der Waals surface area contributed by atoms with Crippen LogP contribution in [0.4, 0.5) is 5.82 Å². The van der Waals surface area contributed by atoms with Crippen molar-refractivity contribution >= 4 is 11.7 Å². The van der Waals surface area contributed by atoms with Crippen molar-refractivity contribution < 1.29 is 4.79 Å². The number of hydrogen-bond donors (Lipinski definition) is 3. The maximum atomic E-state index is 11.9. The molecule has 0 aromatic carbocycles. The summed E-state index contributed by atoms with van der Waals surface area (Å²) in [6, 6.07) is 0.0798. The van der Waals surface area contributed by atoms with E-state index in [0.29, 0.717) is 5.82 Å². The maximum absolute atomic E-state index is 11.9. The topological polar surface area (TPSA) is 96.2 Å². The Morgan fingerprint density at radius 3 is 2.83 bits per heavy atom. The smallest absolute Gasteiger partial charge is 0.271 e. The Morgan fingerprint density at radius 2 is 2.22 bits per heavy atom. The van der Waals surface area contributed by atoms with Crippen LogP contribution in [-0.4, -0.2) is 47.5 Å². The van der Waals surface area contributed by atoms with Crippen molar-refractivity contribution in [3.63, 3.8) is 0 Å². The number of nitrogen functional groups attached to an aromatic ring is 1. The largest absolute Gasteiger partial charge is 0.348 e. The molecule has 0 spiro atoms. The number of hydrogen-bond acceptors (Lipinski definition) is 6. The van der Waals surface area contributed by atoms with Gasteiger partial charge in [0.15, 0.2) is 5.82 Å². The fourth-order valence-electron chi connectivity index (χ4n) is 1.37. The number of aromatic nitrogens is 2. The monoisotopic (exact) mass is 252 g/mol. The second-order valence-corrected chi connectivity index (χ2v) is 4.40. The minimum absolute atomic E-state index is 0.0798. The molecule has 1 atom stereocenters. The molecule has 100 valence electrons. The van der Waals surface area contributed by atoms with Crippen LogP contribution in [0.5, 0.6) is 0 Å². The zero-order valence-corrected chi connectivity index (χ0v) is 11.0. The Morgan fingerprint density at radius 1 is 1.50 bits per heavy atom. The molecular formula is C11H20N6O. The van der Waals surface area contributed by atoms with Crippen LogP contribution in [0.25, 0.3) is 0 Å². The minimum Gasteiger partial charge on any atom is -0.348 e. The van der Waals surface area contributed by atoms with Crippen LogP contribution in [0.2, 0.25) is 0 Å². The van der Waals surface area contributed by atoms with Crippen LogP contribution in [0.15, 0.2) is 12.4 Å². The highest BCUT2D eigenvalue weighted by Gasteiger charge is 2.12. The third kappa shape index (κ3) is 4.64. The van der Waals surface area contributed by atoms with Crippen LogP contribution in [0.1, 0.15) is 23.8 Å². The molecule has 0 bridgehead atoms. The van der Waals surface area contributed by atoms with Gasteiger partial charge in [0.2, 0.25) is 0 Å². The number of amides is 1. The first-order valence-electron chi connectivity index (χ1n) is 5.77. The fourth-order valence-corrected chi connectivity index (χ4v) is 1.37. The summed E-state index contributed by atoms with van der Waals surface area (Å²) in [6.07, 6.45) is 3.74. The highest BCUT2D eigenvalue weighted by molar-refractivity contribution is 5.92. The first kappa shape index (κ1) is 14.3. The fraction of sp³-hybridized carbons (Fsp3) is 0.545. The van der Waals surface area contributed by atoms with Crippen molar-refractivity contribution in [2.75, 3.05) is 26.1 Å². The Labute approximate surface area is 107 Å². The average Bonchev–Trinajstić information content (AvgIpc) is 2.36. The van der Waals surface area contributed by atoms with E-state index in [1.807, 2.05) is 21.0 Å².